The number of halogens is 3. The monoisotopic (exact) mass is 506 g/mol. The molecule has 3 aromatic rings. The third-order valence-corrected chi connectivity index (χ3v) is 5.43. The van der Waals surface area contributed by atoms with Crippen LogP contribution in [-0.2, 0) is 25.1 Å². The zero-order valence-electron chi connectivity index (χ0n) is 19.0. The van der Waals surface area contributed by atoms with Gasteiger partial charge >= 0.3 is 18.4 Å². The van der Waals surface area contributed by atoms with Crippen LogP contribution in [0.3, 0.4) is 0 Å². The molecule has 2 aromatic carbocycles. The molecule has 0 spiro atoms. The Morgan fingerprint density at radius 2 is 1.89 bits per heavy atom. The fourth-order valence-corrected chi connectivity index (χ4v) is 3.76. The van der Waals surface area contributed by atoms with Crippen LogP contribution in [0.4, 0.5) is 28.4 Å². The molecule has 1 aromatic heterocycles. The Morgan fingerprint density at radius 3 is 2.64 bits per heavy atom. The van der Waals surface area contributed by atoms with Gasteiger partial charge in [-0.2, -0.15) is 13.2 Å². The number of rotatable bonds is 7. The van der Waals surface area contributed by atoms with E-state index in [1.54, 1.807) is 6.07 Å². The van der Waals surface area contributed by atoms with E-state index in [4.69, 9.17) is 18.9 Å². The number of carbonyl (C=O) groups is 2. The second kappa shape index (κ2) is 10.3. The van der Waals surface area contributed by atoms with Crippen molar-refractivity contribution in [2.24, 2.45) is 0 Å². The number of methoxy groups -OCH3 is 1. The van der Waals surface area contributed by atoms with Gasteiger partial charge in [0.2, 0.25) is 0 Å². The number of fused-ring (bicyclic) bond motifs is 1. The van der Waals surface area contributed by atoms with Crippen molar-refractivity contribution in [3.05, 3.63) is 64.4 Å². The van der Waals surface area contributed by atoms with Crippen LogP contribution < -0.4 is 10.5 Å². The number of cyclic esters (lactones) is 1. The molecule has 36 heavy (non-hydrogen) atoms. The third kappa shape index (κ3) is 5.43. The number of amides is 1. The van der Waals surface area contributed by atoms with Crippen molar-refractivity contribution < 1.29 is 41.7 Å². The topological polar surface area (TPSA) is 107 Å². The first kappa shape index (κ1) is 25.0. The van der Waals surface area contributed by atoms with Gasteiger partial charge in [-0.1, -0.05) is 24.3 Å². The van der Waals surface area contributed by atoms with E-state index in [0.29, 0.717) is 11.1 Å². The Morgan fingerprint density at radius 1 is 1.11 bits per heavy atom. The first-order valence-corrected chi connectivity index (χ1v) is 10.8. The highest BCUT2D eigenvalue weighted by Gasteiger charge is 2.35. The summed E-state index contributed by atoms with van der Waals surface area (Å²) >= 11 is 0. The van der Waals surface area contributed by atoms with Gasteiger partial charge in [0.15, 0.2) is 6.10 Å². The van der Waals surface area contributed by atoms with Gasteiger partial charge in [-0.25, -0.2) is 9.59 Å². The number of carbonyl (C=O) groups excluding carboxylic acids is 2. The molecule has 4 rings (SSSR count). The molecule has 1 aliphatic rings. The summed E-state index contributed by atoms with van der Waals surface area (Å²) in [5, 5.41) is 0.565. The van der Waals surface area contributed by atoms with Crippen molar-refractivity contribution in [2.75, 3.05) is 38.4 Å². The molecule has 1 saturated heterocycles. The van der Waals surface area contributed by atoms with Gasteiger partial charge < -0.3 is 23.9 Å². The molecule has 0 bridgehead atoms. The number of hydrogen-bond donors (Lipinski definition) is 1. The Bertz CT molecular complexity index is 1340. The molecule has 1 unspecified atom stereocenters. The van der Waals surface area contributed by atoms with Crippen molar-refractivity contribution >= 4 is 28.7 Å². The lowest BCUT2D eigenvalue weighted by Gasteiger charge is -2.15. The maximum Gasteiger partial charge on any atom is 0.508 e. The van der Waals surface area contributed by atoms with Crippen molar-refractivity contribution in [1.82, 2.24) is 4.98 Å². The summed E-state index contributed by atoms with van der Waals surface area (Å²) in [4.78, 5) is 40.4. The number of alkyl halides is 3. The molecule has 9 nitrogen and oxygen atoms in total. The van der Waals surface area contributed by atoms with Crippen LogP contribution in [-0.4, -0.2) is 56.8 Å². The second-order valence-corrected chi connectivity index (χ2v) is 7.85. The van der Waals surface area contributed by atoms with Crippen LogP contribution in [0.5, 0.6) is 0 Å². The fraction of sp³-hybridized carbons (Fsp3) is 0.292. The Labute approximate surface area is 202 Å². The smallest absolute Gasteiger partial charge is 0.440 e. The number of pyridine rings is 1. The zero-order valence-corrected chi connectivity index (χ0v) is 19.0. The van der Waals surface area contributed by atoms with E-state index in [-0.39, 0.29) is 43.0 Å². The first-order chi connectivity index (χ1) is 17.2. The summed E-state index contributed by atoms with van der Waals surface area (Å²) in [6, 6.07) is 10.9. The van der Waals surface area contributed by atoms with Crippen molar-refractivity contribution in [1.29, 1.82) is 0 Å². The summed E-state index contributed by atoms with van der Waals surface area (Å²) in [6.07, 6.45) is -6.99. The number of ether oxygens (including phenoxy) is 4. The van der Waals surface area contributed by atoms with Gasteiger partial charge in [0.05, 0.1) is 18.7 Å². The maximum atomic E-state index is 13.4. The SMILES string of the molecule is COCCOC(=O)OCC1CN(c2ccc3cc(-c4ccccc4C(F)(F)F)[nH]c(=O)c3c2)C(=O)O1. The summed E-state index contributed by atoms with van der Waals surface area (Å²) in [7, 11) is 1.45. The number of anilines is 1. The van der Waals surface area contributed by atoms with Crippen molar-refractivity contribution in [3.8, 4) is 11.3 Å². The lowest BCUT2D eigenvalue weighted by atomic mass is 10.0. The van der Waals surface area contributed by atoms with Gasteiger partial charge in [0.1, 0.15) is 13.2 Å². The molecule has 190 valence electrons. The number of aromatic amines is 1. The summed E-state index contributed by atoms with van der Waals surface area (Å²) in [6.45, 7) is 0.0363. The molecular formula is C24H21F3N2O7. The van der Waals surface area contributed by atoms with E-state index < -0.39 is 35.7 Å². The van der Waals surface area contributed by atoms with E-state index in [1.165, 1.54) is 48.4 Å². The predicted octanol–water partition coefficient (Wildman–Crippen LogP) is 4.34. The standard InChI is InChI=1S/C24H21F3N2O7/c1-33-8-9-34-23(32)35-13-16-12-29(22(31)36-16)15-7-6-14-10-20(28-21(30)18(14)11-15)17-4-2-3-5-19(17)24(25,26)27/h2-7,10-11,16H,8-9,12-13H2,1H3,(H,28,30). The van der Waals surface area contributed by atoms with Gasteiger partial charge in [0.25, 0.3) is 5.56 Å². The minimum absolute atomic E-state index is 0.0149. The van der Waals surface area contributed by atoms with Crippen LogP contribution in [0.25, 0.3) is 22.0 Å². The van der Waals surface area contributed by atoms with Crippen LogP contribution in [0.15, 0.2) is 53.3 Å². The average Bonchev–Trinajstić information content (AvgIpc) is 3.22. The van der Waals surface area contributed by atoms with Crippen LogP contribution in [0, 0.1) is 0 Å². The largest absolute Gasteiger partial charge is 0.508 e. The normalized spacial score (nSPS) is 15.7. The van der Waals surface area contributed by atoms with Crippen molar-refractivity contribution in [3.63, 3.8) is 0 Å². The fourth-order valence-electron chi connectivity index (χ4n) is 3.76. The Kier molecular flexibility index (Phi) is 7.15. The van der Waals surface area contributed by atoms with E-state index in [1.807, 2.05) is 0 Å². The lowest BCUT2D eigenvalue weighted by Crippen LogP contribution is -2.27. The first-order valence-electron chi connectivity index (χ1n) is 10.8. The predicted molar refractivity (Wildman–Crippen MR) is 122 cm³/mol. The van der Waals surface area contributed by atoms with E-state index in [2.05, 4.69) is 4.98 Å². The zero-order chi connectivity index (χ0) is 25.9. The number of H-pyrrole nitrogens is 1. The lowest BCUT2D eigenvalue weighted by molar-refractivity contribution is -0.137. The molecule has 1 fully saturated rings. The van der Waals surface area contributed by atoms with E-state index in [0.717, 1.165) is 6.07 Å². The van der Waals surface area contributed by atoms with Gasteiger partial charge in [-0.05, 0) is 29.7 Å². The average molecular weight is 506 g/mol. The minimum Gasteiger partial charge on any atom is -0.440 e. The molecule has 1 atom stereocenters. The number of nitrogens with one attached hydrogen (secondary N) is 1. The number of aromatic nitrogens is 1. The second-order valence-electron chi connectivity index (χ2n) is 7.85. The highest BCUT2D eigenvalue weighted by atomic mass is 19.4. The van der Waals surface area contributed by atoms with Crippen LogP contribution in [0.1, 0.15) is 5.56 Å². The highest BCUT2D eigenvalue weighted by molar-refractivity contribution is 5.94. The van der Waals surface area contributed by atoms with Crippen LogP contribution >= 0.6 is 0 Å². The van der Waals surface area contributed by atoms with Crippen LogP contribution in [0.2, 0.25) is 0 Å². The number of nitrogens with zero attached hydrogens (tertiary/aromatic N) is 1. The third-order valence-electron chi connectivity index (χ3n) is 5.43. The van der Waals surface area contributed by atoms with Gasteiger partial charge in [0, 0.05) is 29.4 Å². The Hall–Kier alpha value is -4.06. The maximum absolute atomic E-state index is 13.4. The molecule has 1 aliphatic heterocycles. The molecular weight excluding hydrogens is 485 g/mol. The van der Waals surface area contributed by atoms with E-state index >= 15 is 0 Å². The van der Waals surface area contributed by atoms with Gasteiger partial charge in [-0.3, -0.25) is 9.69 Å². The highest BCUT2D eigenvalue weighted by Crippen LogP contribution is 2.36. The Balaban J connectivity index is 1.53. The summed E-state index contributed by atoms with van der Waals surface area (Å²) in [5.74, 6) is 0. The molecule has 12 heteroatoms. The van der Waals surface area contributed by atoms with Gasteiger partial charge in [-0.15, -0.1) is 0 Å². The molecule has 0 radical (unpaired) electrons. The molecule has 1 amide bonds. The quantitative estimate of drug-likeness (QED) is 0.375. The molecule has 2 heterocycles. The summed E-state index contributed by atoms with van der Waals surface area (Å²) in [5.41, 5.74) is -1.28. The van der Waals surface area contributed by atoms with Crippen molar-refractivity contribution in [2.45, 2.75) is 12.3 Å². The summed E-state index contributed by atoms with van der Waals surface area (Å²) < 4.78 is 59.9. The van der Waals surface area contributed by atoms with E-state index in [9.17, 15) is 27.6 Å². The minimum atomic E-state index is -4.59. The number of benzene rings is 2. The molecule has 0 saturated carbocycles. The molecule has 1 N–H and O–H groups in total. The molecule has 0 aliphatic carbocycles. The number of hydrogen-bond acceptors (Lipinski definition) is 7.